The smallest absolute Gasteiger partial charge is 0.128 e. The maximum absolute atomic E-state index is 13.9. The molecule has 0 aliphatic heterocycles. The van der Waals surface area contributed by atoms with E-state index >= 15 is 0 Å². The Kier molecular flexibility index (Phi) is 4.38. The second-order valence-corrected chi connectivity index (χ2v) is 4.92. The van der Waals surface area contributed by atoms with E-state index in [0.717, 1.165) is 23.5 Å². The predicted octanol–water partition coefficient (Wildman–Crippen LogP) is 3.07. The van der Waals surface area contributed by atoms with Crippen LogP contribution in [0.25, 0.3) is 0 Å². The van der Waals surface area contributed by atoms with Crippen LogP contribution in [-0.2, 0) is 0 Å². The van der Waals surface area contributed by atoms with Crippen molar-refractivity contribution in [2.24, 2.45) is 0 Å². The van der Waals surface area contributed by atoms with E-state index in [4.69, 9.17) is 0 Å². The molecule has 0 amide bonds. The summed E-state index contributed by atoms with van der Waals surface area (Å²) in [6, 6.07) is 6.68. The van der Waals surface area contributed by atoms with Crippen molar-refractivity contribution in [2.75, 3.05) is 6.54 Å². The quantitative estimate of drug-likeness (QED) is 0.902. The SMILES string of the molecule is CCCNC(c1ccccc1F)c1snnc1C. The van der Waals surface area contributed by atoms with Crippen molar-refractivity contribution in [3.63, 3.8) is 0 Å². The molecule has 1 aromatic carbocycles. The number of nitrogens with one attached hydrogen (secondary N) is 1. The fourth-order valence-corrected chi connectivity index (χ4v) is 2.58. The first kappa shape index (κ1) is 13.1. The van der Waals surface area contributed by atoms with Gasteiger partial charge in [-0.15, -0.1) is 5.10 Å². The summed E-state index contributed by atoms with van der Waals surface area (Å²) in [7, 11) is 0. The number of halogens is 1. The molecule has 2 rings (SSSR count). The second-order valence-electron chi connectivity index (χ2n) is 4.13. The van der Waals surface area contributed by atoms with Crippen molar-refractivity contribution >= 4 is 11.5 Å². The standard InChI is InChI=1S/C13H16FN3S/c1-3-8-15-12(13-9(2)16-17-18-13)10-6-4-5-7-11(10)14/h4-7,12,15H,3,8H2,1-2H3. The molecule has 0 saturated heterocycles. The Morgan fingerprint density at radius 1 is 1.39 bits per heavy atom. The van der Waals surface area contributed by atoms with Crippen molar-refractivity contribution in [2.45, 2.75) is 26.3 Å². The van der Waals surface area contributed by atoms with Crippen LogP contribution in [0.1, 0.15) is 35.5 Å². The van der Waals surface area contributed by atoms with Gasteiger partial charge in [-0.25, -0.2) is 4.39 Å². The number of hydrogen-bond acceptors (Lipinski definition) is 4. The monoisotopic (exact) mass is 265 g/mol. The minimum atomic E-state index is -0.195. The largest absolute Gasteiger partial charge is 0.305 e. The van der Waals surface area contributed by atoms with Crippen LogP contribution in [-0.4, -0.2) is 16.1 Å². The molecule has 1 heterocycles. The van der Waals surface area contributed by atoms with Crippen molar-refractivity contribution in [1.29, 1.82) is 0 Å². The molecule has 96 valence electrons. The molecule has 0 saturated carbocycles. The molecular weight excluding hydrogens is 249 g/mol. The highest BCUT2D eigenvalue weighted by Crippen LogP contribution is 2.28. The molecule has 3 nitrogen and oxygen atoms in total. The van der Waals surface area contributed by atoms with Gasteiger partial charge in [-0.1, -0.05) is 29.6 Å². The highest BCUT2D eigenvalue weighted by Gasteiger charge is 2.21. The van der Waals surface area contributed by atoms with Crippen LogP contribution in [0.4, 0.5) is 4.39 Å². The predicted molar refractivity (Wildman–Crippen MR) is 71.2 cm³/mol. The average Bonchev–Trinajstić information content (AvgIpc) is 2.78. The zero-order valence-corrected chi connectivity index (χ0v) is 11.3. The first-order valence-electron chi connectivity index (χ1n) is 6.00. The molecule has 18 heavy (non-hydrogen) atoms. The van der Waals surface area contributed by atoms with Gasteiger partial charge in [0.2, 0.25) is 0 Å². The van der Waals surface area contributed by atoms with E-state index in [9.17, 15) is 4.39 Å². The van der Waals surface area contributed by atoms with Gasteiger partial charge in [0, 0.05) is 5.56 Å². The Bertz CT molecular complexity index is 512. The summed E-state index contributed by atoms with van der Waals surface area (Å²) in [4.78, 5) is 0.980. The number of hydrogen-bond donors (Lipinski definition) is 1. The minimum absolute atomic E-state index is 0.161. The third-order valence-corrected chi connectivity index (χ3v) is 3.65. The number of aromatic nitrogens is 2. The van der Waals surface area contributed by atoms with E-state index in [1.807, 2.05) is 19.1 Å². The topological polar surface area (TPSA) is 37.8 Å². The van der Waals surface area contributed by atoms with Crippen LogP contribution in [0, 0.1) is 12.7 Å². The summed E-state index contributed by atoms with van der Waals surface area (Å²) in [5.41, 5.74) is 1.51. The van der Waals surface area contributed by atoms with Crippen molar-refractivity contribution in [3.05, 3.63) is 46.2 Å². The zero-order chi connectivity index (χ0) is 13.0. The maximum atomic E-state index is 13.9. The van der Waals surface area contributed by atoms with Crippen molar-refractivity contribution in [3.8, 4) is 0 Å². The van der Waals surface area contributed by atoms with Crippen LogP contribution in [0.5, 0.6) is 0 Å². The molecule has 1 aromatic heterocycles. The summed E-state index contributed by atoms with van der Waals surface area (Å²) >= 11 is 1.32. The van der Waals surface area contributed by atoms with Crippen LogP contribution >= 0.6 is 11.5 Å². The third kappa shape index (κ3) is 2.73. The number of aryl methyl sites for hydroxylation is 1. The first-order valence-corrected chi connectivity index (χ1v) is 6.78. The van der Waals surface area contributed by atoms with Gasteiger partial charge in [-0.3, -0.25) is 0 Å². The average molecular weight is 265 g/mol. The lowest BCUT2D eigenvalue weighted by Crippen LogP contribution is -2.24. The van der Waals surface area contributed by atoms with Gasteiger partial charge < -0.3 is 5.32 Å². The van der Waals surface area contributed by atoms with Gasteiger partial charge in [0.15, 0.2) is 0 Å². The zero-order valence-electron chi connectivity index (χ0n) is 10.5. The molecule has 0 spiro atoms. The summed E-state index contributed by atoms with van der Waals surface area (Å²) < 4.78 is 17.8. The van der Waals surface area contributed by atoms with Crippen LogP contribution < -0.4 is 5.32 Å². The summed E-state index contributed by atoms with van der Waals surface area (Å²) in [5, 5.41) is 7.37. The van der Waals surface area contributed by atoms with E-state index in [2.05, 4.69) is 21.8 Å². The second kappa shape index (κ2) is 6.02. The van der Waals surface area contributed by atoms with Gasteiger partial charge in [0.05, 0.1) is 16.6 Å². The Balaban J connectivity index is 2.37. The Morgan fingerprint density at radius 3 is 2.78 bits per heavy atom. The normalized spacial score (nSPS) is 12.6. The highest BCUT2D eigenvalue weighted by atomic mass is 32.1. The fraction of sp³-hybridized carbons (Fsp3) is 0.385. The van der Waals surface area contributed by atoms with Gasteiger partial charge >= 0.3 is 0 Å². The van der Waals surface area contributed by atoms with Gasteiger partial charge in [-0.05, 0) is 37.5 Å². The van der Waals surface area contributed by atoms with E-state index < -0.39 is 0 Å². The molecule has 0 bridgehead atoms. The minimum Gasteiger partial charge on any atom is -0.305 e. The lowest BCUT2D eigenvalue weighted by Gasteiger charge is -2.18. The Labute approximate surface area is 110 Å². The molecule has 1 unspecified atom stereocenters. The lowest BCUT2D eigenvalue weighted by atomic mass is 10.0. The highest BCUT2D eigenvalue weighted by molar-refractivity contribution is 7.05. The van der Waals surface area contributed by atoms with Crippen LogP contribution in [0.2, 0.25) is 0 Å². The molecule has 2 aromatic rings. The molecule has 1 atom stereocenters. The summed E-state index contributed by atoms with van der Waals surface area (Å²) in [6.45, 7) is 4.82. The molecule has 5 heteroatoms. The van der Waals surface area contributed by atoms with E-state index in [-0.39, 0.29) is 11.9 Å². The van der Waals surface area contributed by atoms with Crippen molar-refractivity contribution in [1.82, 2.24) is 14.9 Å². The lowest BCUT2D eigenvalue weighted by molar-refractivity contribution is 0.549. The Morgan fingerprint density at radius 2 is 2.17 bits per heavy atom. The molecule has 0 aliphatic rings. The van der Waals surface area contributed by atoms with E-state index in [1.54, 1.807) is 6.07 Å². The van der Waals surface area contributed by atoms with Crippen LogP contribution in [0.3, 0.4) is 0 Å². The summed E-state index contributed by atoms with van der Waals surface area (Å²) in [6.07, 6.45) is 0.996. The third-order valence-electron chi connectivity index (χ3n) is 2.76. The van der Waals surface area contributed by atoms with E-state index in [1.165, 1.54) is 17.6 Å². The molecular formula is C13H16FN3S. The first-order chi connectivity index (χ1) is 8.74. The fourth-order valence-electron chi connectivity index (χ4n) is 1.84. The number of rotatable bonds is 5. The van der Waals surface area contributed by atoms with Crippen LogP contribution in [0.15, 0.2) is 24.3 Å². The number of benzene rings is 1. The Hall–Kier alpha value is -1.33. The number of nitrogens with zero attached hydrogens (tertiary/aromatic N) is 2. The summed E-state index contributed by atoms with van der Waals surface area (Å²) in [5.74, 6) is -0.195. The maximum Gasteiger partial charge on any atom is 0.128 e. The molecule has 0 aliphatic carbocycles. The molecule has 0 fully saturated rings. The van der Waals surface area contributed by atoms with Gasteiger partial charge in [-0.2, -0.15) is 0 Å². The van der Waals surface area contributed by atoms with Gasteiger partial charge in [0.1, 0.15) is 5.82 Å². The van der Waals surface area contributed by atoms with E-state index in [0.29, 0.717) is 5.56 Å². The van der Waals surface area contributed by atoms with Gasteiger partial charge in [0.25, 0.3) is 0 Å². The molecule has 1 N–H and O–H groups in total. The van der Waals surface area contributed by atoms with Crippen molar-refractivity contribution < 1.29 is 4.39 Å². The molecule has 0 radical (unpaired) electrons.